The molecule has 0 saturated carbocycles. The van der Waals surface area contributed by atoms with Crippen LogP contribution in [0.2, 0.25) is 0 Å². The van der Waals surface area contributed by atoms with Crippen molar-refractivity contribution >= 4 is 23.4 Å². The van der Waals surface area contributed by atoms with Crippen molar-refractivity contribution in [2.24, 2.45) is 5.92 Å². The zero-order chi connectivity index (χ0) is 20.8. The maximum absolute atomic E-state index is 13.0. The fourth-order valence-electron chi connectivity index (χ4n) is 3.40. The van der Waals surface area contributed by atoms with E-state index in [0.717, 1.165) is 12.0 Å². The average molecular weight is 397 g/mol. The van der Waals surface area contributed by atoms with Gasteiger partial charge in [0.1, 0.15) is 5.82 Å². The molecule has 6 nitrogen and oxygen atoms in total. The Morgan fingerprint density at radius 2 is 1.76 bits per heavy atom. The lowest BCUT2D eigenvalue weighted by molar-refractivity contribution is -0.133. The highest BCUT2D eigenvalue weighted by Crippen LogP contribution is 2.20. The largest absolute Gasteiger partial charge is 0.355 e. The van der Waals surface area contributed by atoms with E-state index in [-0.39, 0.29) is 35.9 Å². The third-order valence-electron chi connectivity index (χ3n) is 5.06. The number of anilines is 1. The van der Waals surface area contributed by atoms with Gasteiger partial charge in [0, 0.05) is 31.4 Å². The number of likely N-dealkylation sites (tertiary alicyclic amines) is 1. The summed E-state index contributed by atoms with van der Waals surface area (Å²) in [6.07, 6.45) is 1.65. The summed E-state index contributed by atoms with van der Waals surface area (Å²) in [6, 6.07) is 12.5. The van der Waals surface area contributed by atoms with Crippen LogP contribution in [0.15, 0.2) is 48.5 Å². The number of hydrogen-bond acceptors (Lipinski definition) is 3. The maximum atomic E-state index is 13.0. The number of nitrogens with zero attached hydrogens (tertiary/aromatic N) is 1. The molecule has 3 rings (SSSR count). The molecule has 3 amide bonds. The van der Waals surface area contributed by atoms with Crippen LogP contribution in [-0.4, -0.2) is 42.8 Å². The SMILES string of the molecule is CNC(=O)c1ccc(NC(=O)C2CCCN(C(=O)Cc3ccc(F)cc3)C2)cc1. The predicted octanol–water partition coefficient (Wildman–Crippen LogP) is 2.61. The van der Waals surface area contributed by atoms with E-state index in [1.165, 1.54) is 12.1 Å². The number of nitrogens with one attached hydrogen (secondary N) is 2. The molecule has 0 aliphatic carbocycles. The van der Waals surface area contributed by atoms with Gasteiger partial charge in [-0.15, -0.1) is 0 Å². The molecule has 0 spiro atoms. The topological polar surface area (TPSA) is 78.5 Å². The molecule has 29 heavy (non-hydrogen) atoms. The zero-order valence-electron chi connectivity index (χ0n) is 16.3. The van der Waals surface area contributed by atoms with Crippen molar-refractivity contribution in [2.45, 2.75) is 19.3 Å². The van der Waals surface area contributed by atoms with Crippen LogP contribution in [0, 0.1) is 11.7 Å². The molecule has 2 N–H and O–H groups in total. The molecule has 0 bridgehead atoms. The van der Waals surface area contributed by atoms with E-state index in [1.807, 2.05) is 0 Å². The van der Waals surface area contributed by atoms with Crippen molar-refractivity contribution < 1.29 is 18.8 Å². The summed E-state index contributed by atoms with van der Waals surface area (Å²) in [6.45, 7) is 0.979. The van der Waals surface area contributed by atoms with Crippen LogP contribution in [0.3, 0.4) is 0 Å². The Morgan fingerprint density at radius 3 is 2.41 bits per heavy atom. The Balaban J connectivity index is 1.56. The fourth-order valence-corrected chi connectivity index (χ4v) is 3.40. The van der Waals surface area contributed by atoms with Crippen LogP contribution < -0.4 is 10.6 Å². The summed E-state index contributed by atoms with van der Waals surface area (Å²) in [7, 11) is 1.56. The van der Waals surface area contributed by atoms with Gasteiger partial charge in [0.15, 0.2) is 0 Å². The molecule has 2 aromatic carbocycles. The van der Waals surface area contributed by atoms with Gasteiger partial charge < -0.3 is 15.5 Å². The third-order valence-corrected chi connectivity index (χ3v) is 5.06. The first-order valence-corrected chi connectivity index (χ1v) is 9.61. The summed E-state index contributed by atoms with van der Waals surface area (Å²) in [5.41, 5.74) is 1.87. The van der Waals surface area contributed by atoms with E-state index in [9.17, 15) is 18.8 Å². The Kier molecular flexibility index (Phi) is 6.59. The third kappa shape index (κ3) is 5.40. The fraction of sp³-hybridized carbons (Fsp3) is 0.318. The summed E-state index contributed by atoms with van der Waals surface area (Å²) in [5.74, 6) is -1.02. The second kappa shape index (κ2) is 9.32. The first-order chi connectivity index (χ1) is 14.0. The first kappa shape index (κ1) is 20.5. The van der Waals surface area contributed by atoms with Crippen LogP contribution in [0.1, 0.15) is 28.8 Å². The van der Waals surface area contributed by atoms with Crippen LogP contribution in [-0.2, 0) is 16.0 Å². The van der Waals surface area contributed by atoms with E-state index in [4.69, 9.17) is 0 Å². The summed E-state index contributed by atoms with van der Waals surface area (Å²) >= 11 is 0. The highest BCUT2D eigenvalue weighted by atomic mass is 19.1. The van der Waals surface area contributed by atoms with Crippen LogP contribution in [0.25, 0.3) is 0 Å². The van der Waals surface area contributed by atoms with Crippen LogP contribution >= 0.6 is 0 Å². The highest BCUT2D eigenvalue weighted by Gasteiger charge is 2.28. The second-order valence-corrected chi connectivity index (χ2v) is 7.13. The average Bonchev–Trinajstić information content (AvgIpc) is 2.75. The monoisotopic (exact) mass is 397 g/mol. The van der Waals surface area contributed by atoms with Gasteiger partial charge in [0.25, 0.3) is 5.91 Å². The highest BCUT2D eigenvalue weighted by molar-refractivity contribution is 5.96. The van der Waals surface area contributed by atoms with Gasteiger partial charge in [-0.25, -0.2) is 4.39 Å². The number of rotatable bonds is 5. The zero-order valence-corrected chi connectivity index (χ0v) is 16.3. The molecule has 1 fully saturated rings. The number of carbonyl (C=O) groups is 3. The van der Waals surface area contributed by atoms with Gasteiger partial charge in [0.05, 0.1) is 12.3 Å². The van der Waals surface area contributed by atoms with Crippen molar-refractivity contribution in [3.63, 3.8) is 0 Å². The Morgan fingerprint density at radius 1 is 1.07 bits per heavy atom. The standard InChI is InChI=1S/C22H24FN3O3/c1-24-21(28)16-6-10-19(11-7-16)25-22(29)17-3-2-12-26(14-17)20(27)13-15-4-8-18(23)9-5-15/h4-11,17H,2-3,12-14H2,1H3,(H,24,28)(H,25,29). The summed E-state index contributed by atoms with van der Waals surface area (Å²) < 4.78 is 13.0. The molecule has 0 aromatic heterocycles. The quantitative estimate of drug-likeness (QED) is 0.814. The van der Waals surface area contributed by atoms with Crippen molar-refractivity contribution in [2.75, 3.05) is 25.5 Å². The molecule has 0 radical (unpaired) electrons. The van der Waals surface area contributed by atoms with Crippen LogP contribution in [0.5, 0.6) is 0 Å². The van der Waals surface area contributed by atoms with Gasteiger partial charge in [-0.2, -0.15) is 0 Å². The number of halogens is 1. The van der Waals surface area contributed by atoms with E-state index >= 15 is 0 Å². The van der Waals surface area contributed by atoms with Crippen LogP contribution in [0.4, 0.5) is 10.1 Å². The number of piperidine rings is 1. The molecule has 152 valence electrons. The van der Waals surface area contributed by atoms with E-state index in [2.05, 4.69) is 10.6 Å². The molecular weight excluding hydrogens is 373 g/mol. The Bertz CT molecular complexity index is 881. The normalized spacial score (nSPS) is 16.2. The first-order valence-electron chi connectivity index (χ1n) is 9.61. The number of benzene rings is 2. The number of amides is 3. The second-order valence-electron chi connectivity index (χ2n) is 7.13. The smallest absolute Gasteiger partial charge is 0.251 e. The lowest BCUT2D eigenvalue weighted by atomic mass is 9.96. The summed E-state index contributed by atoms with van der Waals surface area (Å²) in [4.78, 5) is 38.5. The van der Waals surface area contributed by atoms with Gasteiger partial charge in [-0.1, -0.05) is 12.1 Å². The molecule has 1 aliphatic heterocycles. The van der Waals surface area contributed by atoms with E-state index < -0.39 is 0 Å². The van der Waals surface area contributed by atoms with Crippen molar-refractivity contribution in [3.8, 4) is 0 Å². The Hall–Kier alpha value is -3.22. The Labute approximate surface area is 169 Å². The molecule has 1 aliphatic rings. The lowest BCUT2D eigenvalue weighted by Crippen LogP contribution is -2.44. The summed E-state index contributed by atoms with van der Waals surface area (Å²) in [5, 5.41) is 5.41. The molecule has 1 saturated heterocycles. The van der Waals surface area contributed by atoms with Gasteiger partial charge in [0.2, 0.25) is 11.8 Å². The van der Waals surface area contributed by atoms with E-state index in [1.54, 1.807) is 48.3 Å². The van der Waals surface area contributed by atoms with Gasteiger partial charge >= 0.3 is 0 Å². The minimum Gasteiger partial charge on any atom is -0.355 e. The molecule has 1 atom stereocenters. The van der Waals surface area contributed by atoms with Crippen molar-refractivity contribution in [3.05, 3.63) is 65.5 Å². The molecule has 1 unspecified atom stereocenters. The molecule has 2 aromatic rings. The van der Waals surface area contributed by atoms with Crippen molar-refractivity contribution in [1.29, 1.82) is 0 Å². The maximum Gasteiger partial charge on any atom is 0.251 e. The molecule has 7 heteroatoms. The van der Waals surface area contributed by atoms with Gasteiger partial charge in [-0.05, 0) is 54.8 Å². The lowest BCUT2D eigenvalue weighted by Gasteiger charge is -2.32. The number of carbonyl (C=O) groups excluding carboxylic acids is 3. The van der Waals surface area contributed by atoms with E-state index in [0.29, 0.717) is 30.8 Å². The minimum atomic E-state index is -0.334. The predicted molar refractivity (Wildman–Crippen MR) is 108 cm³/mol. The number of hydrogen-bond donors (Lipinski definition) is 2. The van der Waals surface area contributed by atoms with Gasteiger partial charge in [-0.3, -0.25) is 14.4 Å². The molecule has 1 heterocycles. The molecular formula is C22H24FN3O3. The van der Waals surface area contributed by atoms with Crippen molar-refractivity contribution in [1.82, 2.24) is 10.2 Å². The minimum absolute atomic E-state index is 0.0657.